The van der Waals surface area contributed by atoms with Crippen LogP contribution in [0.15, 0.2) is 79.3 Å². The summed E-state index contributed by atoms with van der Waals surface area (Å²) in [7, 11) is 2.13. The van der Waals surface area contributed by atoms with Gasteiger partial charge < -0.3 is 20.4 Å². The van der Waals surface area contributed by atoms with Gasteiger partial charge in [-0.1, -0.05) is 12.1 Å². The van der Waals surface area contributed by atoms with Crippen molar-refractivity contribution in [1.29, 1.82) is 0 Å². The van der Waals surface area contributed by atoms with Gasteiger partial charge in [0.1, 0.15) is 12.1 Å². The molecule has 0 unspecified atom stereocenters. The second-order valence-electron chi connectivity index (χ2n) is 10.5. The Hall–Kier alpha value is -4.97. The SMILES string of the molecule is Cc1ccc(NC(=O)c2cccc(C(F)(F)F)c2)cc1Nc1ncnc2c1cnn2-c1ccc(N2CCN(C)CC2)cc1. The minimum absolute atomic E-state index is 0.0913. The van der Waals surface area contributed by atoms with Crippen molar-refractivity contribution in [1.82, 2.24) is 24.6 Å². The first-order valence-electron chi connectivity index (χ1n) is 13.7. The number of alkyl halides is 3. The molecular weight excluding hydrogens is 557 g/mol. The lowest BCUT2D eigenvalue weighted by molar-refractivity contribution is -0.137. The number of halogens is 3. The fourth-order valence-corrected chi connectivity index (χ4v) is 5.00. The zero-order valence-corrected chi connectivity index (χ0v) is 23.6. The number of nitrogens with one attached hydrogen (secondary N) is 2. The van der Waals surface area contributed by atoms with E-state index < -0.39 is 17.6 Å². The summed E-state index contributed by atoms with van der Waals surface area (Å²) in [5.74, 6) is -0.125. The van der Waals surface area contributed by atoms with E-state index in [0.29, 0.717) is 28.2 Å². The molecule has 0 aliphatic carbocycles. The third-order valence-corrected chi connectivity index (χ3v) is 7.53. The third-order valence-electron chi connectivity index (χ3n) is 7.53. The average Bonchev–Trinajstić information content (AvgIpc) is 3.44. The van der Waals surface area contributed by atoms with Gasteiger partial charge in [0.05, 0.1) is 22.8 Å². The van der Waals surface area contributed by atoms with Crippen molar-refractivity contribution in [2.75, 3.05) is 48.8 Å². The van der Waals surface area contributed by atoms with E-state index in [1.54, 1.807) is 29.1 Å². The molecule has 5 aromatic rings. The molecule has 3 heterocycles. The number of rotatable bonds is 6. The van der Waals surface area contributed by atoms with E-state index in [1.165, 1.54) is 24.1 Å². The fourth-order valence-electron chi connectivity index (χ4n) is 5.00. The van der Waals surface area contributed by atoms with Crippen LogP contribution in [0, 0.1) is 6.92 Å². The van der Waals surface area contributed by atoms with E-state index in [0.717, 1.165) is 49.6 Å². The molecule has 0 bridgehead atoms. The molecule has 2 N–H and O–H groups in total. The molecule has 12 heteroatoms. The zero-order valence-electron chi connectivity index (χ0n) is 23.6. The van der Waals surface area contributed by atoms with Crippen molar-refractivity contribution in [2.24, 2.45) is 0 Å². The molecule has 0 radical (unpaired) electrons. The number of nitrogens with zero attached hydrogens (tertiary/aromatic N) is 6. The Morgan fingerprint density at radius 1 is 0.907 bits per heavy atom. The number of carbonyl (C=O) groups is 1. The molecule has 0 atom stereocenters. The van der Waals surface area contributed by atoms with E-state index in [-0.39, 0.29) is 5.56 Å². The van der Waals surface area contributed by atoms with Crippen LogP contribution in [0.25, 0.3) is 16.7 Å². The molecule has 220 valence electrons. The van der Waals surface area contributed by atoms with Crippen LogP contribution < -0.4 is 15.5 Å². The predicted molar refractivity (Wildman–Crippen MR) is 160 cm³/mol. The Kier molecular flexibility index (Phi) is 7.45. The zero-order chi connectivity index (χ0) is 30.1. The topological polar surface area (TPSA) is 91.2 Å². The highest BCUT2D eigenvalue weighted by molar-refractivity contribution is 6.04. The Morgan fingerprint density at radius 3 is 2.40 bits per heavy atom. The van der Waals surface area contributed by atoms with Gasteiger partial charge >= 0.3 is 6.18 Å². The summed E-state index contributed by atoms with van der Waals surface area (Å²) in [6.45, 7) is 5.92. The number of hydrogen-bond acceptors (Lipinski definition) is 7. The highest BCUT2D eigenvalue weighted by Crippen LogP contribution is 2.31. The van der Waals surface area contributed by atoms with Crippen LogP contribution in [0.1, 0.15) is 21.5 Å². The Labute approximate surface area is 246 Å². The van der Waals surface area contributed by atoms with E-state index in [9.17, 15) is 18.0 Å². The molecule has 43 heavy (non-hydrogen) atoms. The summed E-state index contributed by atoms with van der Waals surface area (Å²) >= 11 is 0. The maximum absolute atomic E-state index is 13.1. The molecular formula is C31H29F3N8O. The number of benzene rings is 3. The highest BCUT2D eigenvalue weighted by atomic mass is 19.4. The van der Waals surface area contributed by atoms with E-state index in [1.807, 2.05) is 19.1 Å². The first-order valence-corrected chi connectivity index (χ1v) is 13.7. The van der Waals surface area contributed by atoms with Crippen LogP contribution in [0.3, 0.4) is 0 Å². The van der Waals surface area contributed by atoms with Gasteiger partial charge in [0.25, 0.3) is 5.91 Å². The molecule has 1 aliphatic rings. The number of aryl methyl sites for hydroxylation is 1. The molecule has 2 aromatic heterocycles. The van der Waals surface area contributed by atoms with E-state index in [4.69, 9.17) is 0 Å². The lowest BCUT2D eigenvalue weighted by atomic mass is 10.1. The second kappa shape index (κ2) is 11.4. The standard InChI is InChI=1S/C31H29F3N8O/c1-20-6-7-23(38-30(43)21-4-3-5-22(16-21)31(32,33)34)17-27(20)39-28-26-18-37-42(29(26)36-19-35-28)25-10-8-24(9-11-25)41-14-12-40(2)13-15-41/h3-11,16-19H,12-15H2,1-2H3,(H,38,43)(H,35,36,39). The fraction of sp³-hybridized carbons (Fsp3) is 0.226. The molecule has 3 aromatic carbocycles. The molecule has 1 saturated heterocycles. The van der Waals surface area contributed by atoms with Crippen LogP contribution in [-0.2, 0) is 6.18 Å². The van der Waals surface area contributed by atoms with E-state index in [2.05, 4.69) is 54.7 Å². The van der Waals surface area contributed by atoms with Gasteiger partial charge in [-0.05, 0) is 74.1 Å². The third kappa shape index (κ3) is 6.00. The number of aromatic nitrogens is 4. The van der Waals surface area contributed by atoms with Gasteiger partial charge in [-0.3, -0.25) is 4.79 Å². The van der Waals surface area contributed by atoms with Gasteiger partial charge in [0.2, 0.25) is 0 Å². The summed E-state index contributed by atoms with van der Waals surface area (Å²) in [5.41, 5.74) is 3.63. The Balaban J connectivity index is 1.21. The molecule has 0 saturated carbocycles. The summed E-state index contributed by atoms with van der Waals surface area (Å²) in [4.78, 5) is 26.3. The molecule has 0 spiro atoms. The second-order valence-corrected chi connectivity index (χ2v) is 10.5. The average molecular weight is 587 g/mol. The number of anilines is 4. The largest absolute Gasteiger partial charge is 0.416 e. The van der Waals surface area contributed by atoms with Crippen LogP contribution >= 0.6 is 0 Å². The lowest BCUT2D eigenvalue weighted by Gasteiger charge is -2.34. The summed E-state index contributed by atoms with van der Waals surface area (Å²) in [6.07, 6.45) is -1.39. The normalized spacial score (nSPS) is 14.2. The van der Waals surface area contributed by atoms with Gasteiger partial charge in [0.15, 0.2) is 5.65 Å². The minimum atomic E-state index is -4.54. The summed E-state index contributed by atoms with van der Waals surface area (Å²) in [5, 5.41) is 11.3. The molecule has 6 rings (SSSR count). The summed E-state index contributed by atoms with van der Waals surface area (Å²) in [6, 6.07) is 17.7. The van der Waals surface area contributed by atoms with Gasteiger partial charge in [0, 0.05) is 48.8 Å². The highest BCUT2D eigenvalue weighted by Gasteiger charge is 2.31. The van der Waals surface area contributed by atoms with Crippen LogP contribution in [0.2, 0.25) is 0 Å². The quantitative estimate of drug-likeness (QED) is 0.256. The number of piperazine rings is 1. The number of hydrogen-bond donors (Lipinski definition) is 2. The number of amides is 1. The monoisotopic (exact) mass is 586 g/mol. The van der Waals surface area contributed by atoms with Crippen molar-refractivity contribution in [3.63, 3.8) is 0 Å². The van der Waals surface area contributed by atoms with Gasteiger partial charge in [-0.15, -0.1) is 0 Å². The smallest absolute Gasteiger partial charge is 0.369 e. The maximum Gasteiger partial charge on any atom is 0.416 e. The number of carbonyl (C=O) groups excluding carboxylic acids is 1. The van der Waals surface area contributed by atoms with Crippen LogP contribution in [0.5, 0.6) is 0 Å². The first-order chi connectivity index (χ1) is 20.7. The molecule has 1 fully saturated rings. The van der Waals surface area contributed by atoms with Crippen molar-refractivity contribution in [3.05, 3.63) is 95.9 Å². The first kappa shape index (κ1) is 28.2. The molecule has 1 aliphatic heterocycles. The Bertz CT molecular complexity index is 1780. The maximum atomic E-state index is 13.1. The van der Waals surface area contributed by atoms with Crippen molar-refractivity contribution in [2.45, 2.75) is 13.1 Å². The number of likely N-dealkylation sites (N-methyl/N-ethyl adjacent to an activating group) is 1. The molecule has 1 amide bonds. The lowest BCUT2D eigenvalue weighted by Crippen LogP contribution is -2.44. The predicted octanol–water partition coefficient (Wildman–Crippen LogP) is 5.89. The van der Waals surface area contributed by atoms with Crippen LogP contribution in [0.4, 0.5) is 36.1 Å². The van der Waals surface area contributed by atoms with Crippen LogP contribution in [-0.4, -0.2) is 63.8 Å². The number of fused-ring (bicyclic) bond motifs is 1. The Morgan fingerprint density at radius 2 is 1.65 bits per heavy atom. The van der Waals surface area contributed by atoms with Gasteiger partial charge in [-0.2, -0.15) is 18.3 Å². The van der Waals surface area contributed by atoms with Crippen molar-refractivity contribution < 1.29 is 18.0 Å². The van der Waals surface area contributed by atoms with Gasteiger partial charge in [-0.25, -0.2) is 14.6 Å². The molecule has 9 nitrogen and oxygen atoms in total. The van der Waals surface area contributed by atoms with Crippen molar-refractivity contribution >= 4 is 39.8 Å². The summed E-state index contributed by atoms with van der Waals surface area (Å²) < 4.78 is 41.1. The van der Waals surface area contributed by atoms with E-state index >= 15 is 0 Å². The minimum Gasteiger partial charge on any atom is -0.369 e. The van der Waals surface area contributed by atoms with Crippen molar-refractivity contribution in [3.8, 4) is 5.69 Å².